The lowest BCUT2D eigenvalue weighted by Gasteiger charge is -2.09. The summed E-state index contributed by atoms with van der Waals surface area (Å²) in [5.74, 6) is 0.716. The number of hydrogen-bond acceptors (Lipinski definition) is 3. The summed E-state index contributed by atoms with van der Waals surface area (Å²) in [6.07, 6.45) is 1.13. The van der Waals surface area contributed by atoms with Crippen LogP contribution in [0.1, 0.15) is 12.0 Å². The maximum atomic E-state index is 11.7. The number of hydrogen-bond donors (Lipinski definition) is 1. The minimum atomic E-state index is -0.0116. The van der Waals surface area contributed by atoms with Gasteiger partial charge in [-0.2, -0.15) is 0 Å². The van der Waals surface area contributed by atoms with Crippen LogP contribution in [0.4, 0.5) is 0 Å². The van der Waals surface area contributed by atoms with Crippen molar-refractivity contribution in [3.8, 4) is 5.75 Å². The van der Waals surface area contributed by atoms with Crippen molar-refractivity contribution in [3.05, 3.63) is 28.2 Å². The summed E-state index contributed by atoms with van der Waals surface area (Å²) in [4.78, 5) is 11.7. The molecule has 0 radical (unpaired) electrons. The fourth-order valence-electron chi connectivity index (χ4n) is 1.57. The van der Waals surface area contributed by atoms with Crippen LogP contribution >= 0.6 is 15.9 Å². The zero-order valence-corrected chi connectivity index (χ0v) is 12.2. The minimum Gasteiger partial charge on any atom is -0.496 e. The van der Waals surface area contributed by atoms with Gasteiger partial charge < -0.3 is 14.8 Å². The van der Waals surface area contributed by atoms with Crippen LogP contribution in [0.25, 0.3) is 0 Å². The number of rotatable bonds is 7. The van der Waals surface area contributed by atoms with Gasteiger partial charge in [-0.1, -0.05) is 15.9 Å². The predicted octanol–water partition coefficient (Wildman–Crippen LogP) is 2.15. The third-order valence-electron chi connectivity index (χ3n) is 2.44. The minimum absolute atomic E-state index is 0.0116. The average Bonchev–Trinajstić information content (AvgIpc) is 2.35. The van der Waals surface area contributed by atoms with Gasteiger partial charge in [-0.05, 0) is 24.6 Å². The zero-order valence-electron chi connectivity index (χ0n) is 10.7. The van der Waals surface area contributed by atoms with Crippen molar-refractivity contribution in [3.63, 3.8) is 0 Å². The predicted molar refractivity (Wildman–Crippen MR) is 73.9 cm³/mol. The number of ether oxygens (including phenoxy) is 2. The quantitative estimate of drug-likeness (QED) is 0.784. The highest BCUT2D eigenvalue weighted by atomic mass is 79.9. The van der Waals surface area contributed by atoms with Crippen molar-refractivity contribution in [2.75, 3.05) is 27.4 Å². The van der Waals surface area contributed by atoms with Crippen LogP contribution < -0.4 is 10.1 Å². The molecule has 0 unspecified atom stereocenters. The Morgan fingerprint density at radius 1 is 1.39 bits per heavy atom. The molecule has 0 bridgehead atoms. The largest absolute Gasteiger partial charge is 0.496 e. The van der Waals surface area contributed by atoms with Crippen LogP contribution in [-0.4, -0.2) is 33.3 Å². The molecule has 0 aliphatic carbocycles. The number of halogens is 1. The van der Waals surface area contributed by atoms with Gasteiger partial charge in [0.05, 0.1) is 13.5 Å². The molecule has 1 amide bonds. The van der Waals surface area contributed by atoms with E-state index in [1.165, 1.54) is 0 Å². The summed E-state index contributed by atoms with van der Waals surface area (Å²) >= 11 is 3.38. The summed E-state index contributed by atoms with van der Waals surface area (Å²) in [7, 11) is 3.25. The molecule has 5 heteroatoms. The number of amides is 1. The third-order valence-corrected chi connectivity index (χ3v) is 2.93. The highest BCUT2D eigenvalue weighted by molar-refractivity contribution is 9.10. The van der Waals surface area contributed by atoms with Crippen molar-refractivity contribution in [1.29, 1.82) is 0 Å². The van der Waals surface area contributed by atoms with Crippen LogP contribution in [-0.2, 0) is 16.0 Å². The van der Waals surface area contributed by atoms with Gasteiger partial charge in [-0.15, -0.1) is 0 Å². The molecule has 1 rings (SSSR count). The van der Waals surface area contributed by atoms with Crippen LogP contribution in [0.5, 0.6) is 5.75 Å². The number of benzene rings is 1. The molecule has 0 aliphatic rings. The van der Waals surface area contributed by atoms with Gasteiger partial charge in [0, 0.05) is 30.3 Å². The molecule has 0 saturated heterocycles. The van der Waals surface area contributed by atoms with E-state index in [1.54, 1.807) is 14.2 Å². The van der Waals surface area contributed by atoms with Gasteiger partial charge in [0.2, 0.25) is 5.91 Å². The fourth-order valence-corrected chi connectivity index (χ4v) is 1.97. The van der Waals surface area contributed by atoms with Gasteiger partial charge in [-0.3, -0.25) is 4.79 Å². The highest BCUT2D eigenvalue weighted by Crippen LogP contribution is 2.23. The van der Waals surface area contributed by atoms with E-state index in [-0.39, 0.29) is 5.91 Å². The van der Waals surface area contributed by atoms with Crippen molar-refractivity contribution >= 4 is 21.8 Å². The molecular weight excluding hydrogens is 298 g/mol. The Bertz CT molecular complexity index is 396. The molecule has 0 fully saturated rings. The van der Waals surface area contributed by atoms with Crippen LogP contribution in [0.3, 0.4) is 0 Å². The first-order valence-corrected chi connectivity index (χ1v) is 6.54. The first-order chi connectivity index (χ1) is 8.67. The highest BCUT2D eigenvalue weighted by Gasteiger charge is 2.08. The Labute approximate surface area is 116 Å². The first kappa shape index (κ1) is 15.0. The van der Waals surface area contributed by atoms with Gasteiger partial charge in [0.1, 0.15) is 5.75 Å². The standard InChI is InChI=1S/C13H18BrNO3/c1-17-7-3-6-15-13(16)9-10-8-11(14)4-5-12(10)18-2/h4-5,8H,3,6-7,9H2,1-2H3,(H,15,16). The van der Waals surface area contributed by atoms with Gasteiger partial charge in [0.15, 0.2) is 0 Å². The lowest BCUT2D eigenvalue weighted by molar-refractivity contribution is -0.120. The molecule has 18 heavy (non-hydrogen) atoms. The summed E-state index contributed by atoms with van der Waals surface area (Å²) < 4.78 is 11.1. The van der Waals surface area contributed by atoms with Crippen molar-refractivity contribution < 1.29 is 14.3 Å². The fraction of sp³-hybridized carbons (Fsp3) is 0.462. The second-order valence-electron chi connectivity index (χ2n) is 3.83. The van der Waals surface area contributed by atoms with Crippen LogP contribution in [0.15, 0.2) is 22.7 Å². The molecule has 0 spiro atoms. The van der Waals surface area contributed by atoms with Crippen molar-refractivity contribution in [1.82, 2.24) is 5.32 Å². The van der Waals surface area contributed by atoms with E-state index in [2.05, 4.69) is 21.2 Å². The zero-order chi connectivity index (χ0) is 13.4. The van der Waals surface area contributed by atoms with E-state index >= 15 is 0 Å². The summed E-state index contributed by atoms with van der Waals surface area (Å²) in [5, 5.41) is 2.85. The molecule has 4 nitrogen and oxygen atoms in total. The molecule has 1 N–H and O–H groups in total. The Balaban J connectivity index is 2.50. The van der Waals surface area contributed by atoms with E-state index in [1.807, 2.05) is 18.2 Å². The van der Waals surface area contributed by atoms with Crippen molar-refractivity contribution in [2.45, 2.75) is 12.8 Å². The van der Waals surface area contributed by atoms with Crippen LogP contribution in [0, 0.1) is 0 Å². The van der Waals surface area contributed by atoms with Gasteiger partial charge in [0.25, 0.3) is 0 Å². The molecule has 0 atom stereocenters. The third kappa shape index (κ3) is 5.06. The normalized spacial score (nSPS) is 10.2. The molecule has 1 aromatic carbocycles. The number of carbonyl (C=O) groups is 1. The van der Waals surface area contributed by atoms with Crippen molar-refractivity contribution in [2.24, 2.45) is 0 Å². The van der Waals surface area contributed by atoms with Crippen LogP contribution in [0.2, 0.25) is 0 Å². The number of methoxy groups -OCH3 is 2. The molecule has 0 aliphatic heterocycles. The van der Waals surface area contributed by atoms with E-state index in [0.717, 1.165) is 22.2 Å². The monoisotopic (exact) mass is 315 g/mol. The lowest BCUT2D eigenvalue weighted by Crippen LogP contribution is -2.26. The molecule has 0 heterocycles. The Hall–Kier alpha value is -1.07. The summed E-state index contributed by atoms with van der Waals surface area (Å²) in [5.41, 5.74) is 0.871. The second kappa shape index (κ2) is 8.11. The number of nitrogens with one attached hydrogen (secondary N) is 1. The average molecular weight is 316 g/mol. The SMILES string of the molecule is COCCCNC(=O)Cc1cc(Br)ccc1OC. The Morgan fingerprint density at radius 3 is 2.83 bits per heavy atom. The maximum Gasteiger partial charge on any atom is 0.224 e. The van der Waals surface area contributed by atoms with Gasteiger partial charge >= 0.3 is 0 Å². The Kier molecular flexibility index (Phi) is 6.75. The molecule has 1 aromatic rings. The van der Waals surface area contributed by atoms with E-state index < -0.39 is 0 Å². The molecule has 0 aromatic heterocycles. The molecule has 100 valence electrons. The van der Waals surface area contributed by atoms with Gasteiger partial charge in [-0.25, -0.2) is 0 Å². The van der Waals surface area contributed by atoms with E-state index in [4.69, 9.17) is 9.47 Å². The van der Waals surface area contributed by atoms with E-state index in [9.17, 15) is 4.79 Å². The molecule has 0 saturated carbocycles. The maximum absolute atomic E-state index is 11.7. The van der Waals surface area contributed by atoms with E-state index in [0.29, 0.717) is 19.6 Å². The Morgan fingerprint density at radius 2 is 2.17 bits per heavy atom. The number of carbonyl (C=O) groups excluding carboxylic acids is 1. The topological polar surface area (TPSA) is 47.6 Å². The smallest absolute Gasteiger partial charge is 0.224 e. The first-order valence-electron chi connectivity index (χ1n) is 5.75. The summed E-state index contributed by atoms with van der Waals surface area (Å²) in [6, 6.07) is 5.63. The second-order valence-corrected chi connectivity index (χ2v) is 4.74. The molecular formula is C13H18BrNO3. The lowest BCUT2D eigenvalue weighted by atomic mass is 10.1. The summed E-state index contributed by atoms with van der Waals surface area (Å²) in [6.45, 7) is 1.28.